The molecule has 0 amide bonds. The number of hydrogen-bond acceptors (Lipinski definition) is 3. The highest BCUT2D eigenvalue weighted by atomic mass is 16.1. The molecule has 0 aliphatic rings. The molecule has 0 aliphatic carbocycles. The van der Waals surface area contributed by atoms with Crippen molar-refractivity contribution in [3.05, 3.63) is 24.0 Å². The lowest BCUT2D eigenvalue weighted by molar-refractivity contribution is 0.0964. The summed E-state index contributed by atoms with van der Waals surface area (Å²) >= 11 is 0. The Bertz CT molecular complexity index is 359. The molecule has 0 bridgehead atoms. The number of carbonyl (C=O) groups is 1. The van der Waals surface area contributed by atoms with Gasteiger partial charge in [0.25, 0.3) is 0 Å². The fourth-order valence-electron chi connectivity index (χ4n) is 1.52. The first-order valence-electron chi connectivity index (χ1n) is 5.75. The van der Waals surface area contributed by atoms with Gasteiger partial charge in [0.2, 0.25) is 0 Å². The molecule has 0 fully saturated rings. The van der Waals surface area contributed by atoms with E-state index in [0.717, 1.165) is 5.69 Å². The van der Waals surface area contributed by atoms with Crippen molar-refractivity contribution in [1.29, 1.82) is 0 Å². The van der Waals surface area contributed by atoms with Crippen LogP contribution in [-0.2, 0) is 0 Å². The molecule has 0 aromatic carbocycles. The molecule has 0 radical (unpaired) electrons. The molecule has 1 rings (SSSR count). The molecule has 0 unspecified atom stereocenters. The molecule has 88 valence electrons. The van der Waals surface area contributed by atoms with Crippen LogP contribution in [0.2, 0.25) is 0 Å². The Hall–Kier alpha value is -1.38. The predicted molar refractivity (Wildman–Crippen MR) is 66.8 cm³/mol. The average molecular weight is 220 g/mol. The van der Waals surface area contributed by atoms with Gasteiger partial charge in [-0.1, -0.05) is 13.8 Å². The average Bonchev–Trinajstić information content (AvgIpc) is 2.16. The smallest absolute Gasteiger partial charge is 0.183 e. The van der Waals surface area contributed by atoms with E-state index >= 15 is 0 Å². The van der Waals surface area contributed by atoms with Crippen LogP contribution in [0.4, 0.5) is 5.69 Å². The normalized spacial score (nSPS) is 10.9. The van der Waals surface area contributed by atoms with Crippen LogP contribution in [0.25, 0.3) is 0 Å². The number of nitrogens with one attached hydrogen (secondary N) is 1. The maximum atomic E-state index is 12.0. The maximum Gasteiger partial charge on any atom is 0.183 e. The zero-order valence-corrected chi connectivity index (χ0v) is 10.4. The summed E-state index contributed by atoms with van der Waals surface area (Å²) in [4.78, 5) is 16.1. The summed E-state index contributed by atoms with van der Waals surface area (Å²) in [6.07, 6.45) is 2.21. The number of rotatable bonds is 5. The lowest BCUT2D eigenvalue weighted by Crippen LogP contribution is -2.15. The van der Waals surface area contributed by atoms with Gasteiger partial charge in [0.15, 0.2) is 5.78 Å². The van der Waals surface area contributed by atoms with Gasteiger partial charge in [0.05, 0.1) is 5.69 Å². The standard InChI is InChI=1S/C13H20N2O/c1-9(2)8-12(16)13-11(15-10(3)4)6-5-7-14-13/h5-7,9-10,15H,8H2,1-4H3. The lowest BCUT2D eigenvalue weighted by atomic mass is 10.0. The fourth-order valence-corrected chi connectivity index (χ4v) is 1.52. The number of anilines is 1. The quantitative estimate of drug-likeness (QED) is 0.775. The molecule has 3 heteroatoms. The second kappa shape index (κ2) is 5.64. The Morgan fingerprint density at radius 3 is 2.62 bits per heavy atom. The highest BCUT2D eigenvalue weighted by molar-refractivity contribution is 5.99. The minimum atomic E-state index is 0.110. The van der Waals surface area contributed by atoms with Crippen molar-refractivity contribution in [3.8, 4) is 0 Å². The number of Topliss-reactive ketones (excluding diaryl/α,β-unsaturated/α-hetero) is 1. The van der Waals surface area contributed by atoms with E-state index in [1.165, 1.54) is 0 Å². The molecule has 1 N–H and O–H groups in total. The van der Waals surface area contributed by atoms with Crippen molar-refractivity contribution in [2.24, 2.45) is 5.92 Å². The van der Waals surface area contributed by atoms with Crippen LogP contribution < -0.4 is 5.32 Å². The molecule has 0 saturated heterocycles. The molecule has 0 saturated carbocycles. The van der Waals surface area contributed by atoms with Crippen LogP contribution in [0.1, 0.15) is 44.6 Å². The van der Waals surface area contributed by atoms with Crippen LogP contribution >= 0.6 is 0 Å². The van der Waals surface area contributed by atoms with Gasteiger partial charge < -0.3 is 5.32 Å². The van der Waals surface area contributed by atoms with Crippen LogP contribution in [-0.4, -0.2) is 16.8 Å². The summed E-state index contributed by atoms with van der Waals surface area (Å²) in [6, 6.07) is 4.05. The number of nitrogens with zero attached hydrogens (tertiary/aromatic N) is 1. The Balaban J connectivity index is 2.89. The van der Waals surface area contributed by atoms with Gasteiger partial charge in [0.1, 0.15) is 5.69 Å². The van der Waals surface area contributed by atoms with E-state index < -0.39 is 0 Å². The van der Waals surface area contributed by atoms with Crippen molar-refractivity contribution in [2.45, 2.75) is 40.2 Å². The Labute approximate surface area is 97.3 Å². The summed E-state index contributed by atoms with van der Waals surface area (Å²) in [5, 5.41) is 3.24. The first-order chi connectivity index (χ1) is 7.50. The summed E-state index contributed by atoms with van der Waals surface area (Å²) in [7, 11) is 0. The number of aromatic nitrogens is 1. The van der Waals surface area contributed by atoms with Crippen molar-refractivity contribution in [1.82, 2.24) is 4.98 Å². The Morgan fingerprint density at radius 1 is 1.38 bits per heavy atom. The first kappa shape index (κ1) is 12.7. The highest BCUT2D eigenvalue weighted by Crippen LogP contribution is 2.17. The van der Waals surface area contributed by atoms with E-state index in [1.54, 1.807) is 6.20 Å². The van der Waals surface area contributed by atoms with E-state index in [2.05, 4.69) is 10.3 Å². The van der Waals surface area contributed by atoms with Gasteiger partial charge in [-0.3, -0.25) is 9.78 Å². The molecule has 0 spiro atoms. The Morgan fingerprint density at radius 2 is 2.06 bits per heavy atom. The minimum Gasteiger partial charge on any atom is -0.381 e. The van der Waals surface area contributed by atoms with Crippen LogP contribution in [0, 0.1) is 5.92 Å². The van der Waals surface area contributed by atoms with Gasteiger partial charge in [-0.25, -0.2) is 0 Å². The van der Waals surface area contributed by atoms with Crippen LogP contribution in [0.15, 0.2) is 18.3 Å². The zero-order chi connectivity index (χ0) is 12.1. The van der Waals surface area contributed by atoms with Crippen molar-refractivity contribution >= 4 is 11.5 Å². The summed E-state index contributed by atoms with van der Waals surface area (Å²) in [6.45, 7) is 8.17. The number of hydrogen-bond donors (Lipinski definition) is 1. The van der Waals surface area contributed by atoms with Crippen LogP contribution in [0.3, 0.4) is 0 Å². The third-order valence-electron chi connectivity index (χ3n) is 2.11. The molecule has 1 aromatic heterocycles. The van der Waals surface area contributed by atoms with Gasteiger partial charge >= 0.3 is 0 Å². The van der Waals surface area contributed by atoms with E-state index in [1.807, 2.05) is 39.8 Å². The van der Waals surface area contributed by atoms with Gasteiger partial charge in [-0.15, -0.1) is 0 Å². The summed E-state index contributed by atoms with van der Waals surface area (Å²) in [5.41, 5.74) is 1.40. The molecule has 1 heterocycles. The minimum absolute atomic E-state index is 0.110. The zero-order valence-electron chi connectivity index (χ0n) is 10.4. The van der Waals surface area contributed by atoms with Crippen molar-refractivity contribution < 1.29 is 4.79 Å². The molecule has 1 aromatic rings. The second-order valence-electron chi connectivity index (χ2n) is 4.72. The number of carbonyl (C=O) groups excluding carboxylic acids is 1. The van der Waals surface area contributed by atoms with Crippen molar-refractivity contribution in [2.75, 3.05) is 5.32 Å². The Kier molecular flexibility index (Phi) is 4.47. The third-order valence-corrected chi connectivity index (χ3v) is 2.11. The number of ketones is 1. The van der Waals surface area contributed by atoms with Gasteiger partial charge in [-0.05, 0) is 31.9 Å². The fraction of sp³-hybridized carbons (Fsp3) is 0.538. The predicted octanol–water partition coefficient (Wildman–Crippen LogP) is 3.13. The van der Waals surface area contributed by atoms with Crippen molar-refractivity contribution in [3.63, 3.8) is 0 Å². The largest absolute Gasteiger partial charge is 0.381 e. The molecule has 0 atom stereocenters. The highest BCUT2D eigenvalue weighted by Gasteiger charge is 2.14. The molecule has 16 heavy (non-hydrogen) atoms. The van der Waals surface area contributed by atoms with Gasteiger partial charge in [-0.2, -0.15) is 0 Å². The molecular weight excluding hydrogens is 200 g/mol. The second-order valence-corrected chi connectivity index (χ2v) is 4.72. The van der Waals surface area contributed by atoms with E-state index in [-0.39, 0.29) is 5.78 Å². The summed E-state index contributed by atoms with van der Waals surface area (Å²) in [5.74, 6) is 0.472. The maximum absolute atomic E-state index is 12.0. The summed E-state index contributed by atoms with van der Waals surface area (Å²) < 4.78 is 0. The molecule has 0 aliphatic heterocycles. The first-order valence-corrected chi connectivity index (χ1v) is 5.75. The third kappa shape index (κ3) is 3.65. The van der Waals surface area contributed by atoms with E-state index in [4.69, 9.17) is 0 Å². The lowest BCUT2D eigenvalue weighted by Gasteiger charge is -2.13. The monoisotopic (exact) mass is 220 g/mol. The van der Waals surface area contributed by atoms with E-state index in [9.17, 15) is 4.79 Å². The molecule has 3 nitrogen and oxygen atoms in total. The SMILES string of the molecule is CC(C)CC(=O)c1ncccc1NC(C)C. The molecular formula is C13H20N2O. The van der Waals surface area contributed by atoms with Gasteiger partial charge in [0, 0.05) is 18.7 Å². The van der Waals surface area contributed by atoms with E-state index in [0.29, 0.717) is 24.1 Å². The topological polar surface area (TPSA) is 42.0 Å². The number of pyridine rings is 1. The van der Waals surface area contributed by atoms with Crippen LogP contribution in [0.5, 0.6) is 0 Å².